The van der Waals surface area contributed by atoms with Crippen LogP contribution in [0, 0.1) is 0 Å². The van der Waals surface area contributed by atoms with Crippen LogP contribution in [0.5, 0.6) is 0 Å². The first-order valence-electron chi connectivity index (χ1n) is 7.35. The highest BCUT2D eigenvalue weighted by Crippen LogP contribution is 2.27. The number of hydroxylamine groups is 1. The van der Waals surface area contributed by atoms with Crippen LogP contribution in [-0.4, -0.2) is 23.0 Å². The van der Waals surface area contributed by atoms with E-state index < -0.39 is 0 Å². The van der Waals surface area contributed by atoms with Crippen molar-refractivity contribution in [3.63, 3.8) is 0 Å². The SMILES string of the molecule is CC(O)C(c1ccccc1)c1ccccc1.CCCNO. The van der Waals surface area contributed by atoms with Crippen molar-refractivity contribution < 1.29 is 10.3 Å². The van der Waals surface area contributed by atoms with Gasteiger partial charge in [-0.2, -0.15) is 0 Å². The highest BCUT2D eigenvalue weighted by molar-refractivity contribution is 5.33. The van der Waals surface area contributed by atoms with Crippen LogP contribution in [0.3, 0.4) is 0 Å². The molecule has 3 nitrogen and oxygen atoms in total. The second kappa shape index (κ2) is 10.1. The Kier molecular flexibility index (Phi) is 8.36. The molecule has 0 heterocycles. The van der Waals surface area contributed by atoms with Gasteiger partial charge in [-0.15, -0.1) is 0 Å². The fraction of sp³-hybridized carbons (Fsp3) is 0.333. The van der Waals surface area contributed by atoms with Gasteiger partial charge in [-0.3, -0.25) is 0 Å². The van der Waals surface area contributed by atoms with E-state index in [9.17, 15) is 5.11 Å². The van der Waals surface area contributed by atoms with Gasteiger partial charge in [0.15, 0.2) is 0 Å². The smallest absolute Gasteiger partial charge is 0.0621 e. The van der Waals surface area contributed by atoms with Crippen LogP contribution in [0.15, 0.2) is 60.7 Å². The largest absolute Gasteiger partial charge is 0.392 e. The molecule has 0 saturated carbocycles. The summed E-state index contributed by atoms with van der Waals surface area (Å²) in [6, 6.07) is 20.3. The summed E-state index contributed by atoms with van der Waals surface area (Å²) in [4.78, 5) is 0. The molecule has 3 heteroatoms. The second-order valence-corrected chi connectivity index (χ2v) is 4.95. The van der Waals surface area contributed by atoms with Crippen molar-refractivity contribution >= 4 is 0 Å². The minimum absolute atomic E-state index is 0.0578. The van der Waals surface area contributed by atoms with Crippen molar-refractivity contribution in [2.45, 2.75) is 32.3 Å². The van der Waals surface area contributed by atoms with Crippen LogP contribution >= 0.6 is 0 Å². The third-order valence-corrected chi connectivity index (χ3v) is 3.16. The number of aliphatic hydroxyl groups excluding tert-OH is 1. The number of aliphatic hydroxyl groups is 1. The monoisotopic (exact) mass is 287 g/mol. The van der Waals surface area contributed by atoms with Crippen LogP contribution in [0.1, 0.15) is 37.3 Å². The minimum Gasteiger partial charge on any atom is -0.392 e. The molecule has 2 aromatic rings. The molecule has 1 atom stereocenters. The quantitative estimate of drug-likeness (QED) is 0.737. The second-order valence-electron chi connectivity index (χ2n) is 4.95. The molecular weight excluding hydrogens is 262 g/mol. The molecule has 0 aromatic heterocycles. The van der Waals surface area contributed by atoms with E-state index in [-0.39, 0.29) is 12.0 Å². The van der Waals surface area contributed by atoms with Crippen molar-refractivity contribution in [1.29, 1.82) is 0 Å². The third kappa shape index (κ3) is 6.08. The molecule has 0 aliphatic heterocycles. The average Bonchev–Trinajstić information content (AvgIpc) is 2.51. The van der Waals surface area contributed by atoms with Crippen LogP contribution < -0.4 is 5.48 Å². The summed E-state index contributed by atoms with van der Waals surface area (Å²) in [6.45, 7) is 4.52. The average molecular weight is 287 g/mol. The molecule has 3 N–H and O–H groups in total. The van der Waals surface area contributed by atoms with Crippen molar-refractivity contribution in [1.82, 2.24) is 5.48 Å². The lowest BCUT2D eigenvalue weighted by atomic mass is 9.87. The molecule has 114 valence electrons. The first-order chi connectivity index (χ1) is 10.2. The molecule has 0 aliphatic carbocycles. The fourth-order valence-electron chi connectivity index (χ4n) is 2.18. The zero-order valence-corrected chi connectivity index (χ0v) is 12.7. The first kappa shape index (κ1) is 17.4. The summed E-state index contributed by atoms with van der Waals surface area (Å²) in [7, 11) is 0. The highest BCUT2D eigenvalue weighted by atomic mass is 16.5. The maximum absolute atomic E-state index is 9.92. The number of benzene rings is 2. The molecule has 0 fully saturated rings. The molecule has 0 radical (unpaired) electrons. The molecule has 21 heavy (non-hydrogen) atoms. The summed E-state index contributed by atoms with van der Waals surface area (Å²) < 4.78 is 0. The Morgan fingerprint density at radius 2 is 1.33 bits per heavy atom. The molecule has 0 amide bonds. The number of nitrogens with one attached hydrogen (secondary N) is 1. The van der Waals surface area contributed by atoms with Crippen molar-refractivity contribution in [3.8, 4) is 0 Å². The molecule has 0 saturated heterocycles. The van der Waals surface area contributed by atoms with Gasteiger partial charge < -0.3 is 10.3 Å². The lowest BCUT2D eigenvalue weighted by molar-refractivity contribution is 0.167. The Hall–Kier alpha value is -1.68. The number of hydrogen-bond acceptors (Lipinski definition) is 3. The molecule has 1 unspecified atom stereocenters. The molecule has 2 rings (SSSR count). The van der Waals surface area contributed by atoms with Gasteiger partial charge in [0, 0.05) is 12.5 Å². The molecule has 0 spiro atoms. The van der Waals surface area contributed by atoms with E-state index in [1.165, 1.54) is 0 Å². The maximum atomic E-state index is 9.92. The first-order valence-corrected chi connectivity index (χ1v) is 7.35. The van der Waals surface area contributed by atoms with Crippen LogP contribution in [0.25, 0.3) is 0 Å². The molecule has 0 aliphatic rings. The zero-order chi connectivity index (χ0) is 15.5. The summed E-state index contributed by atoms with van der Waals surface area (Å²) >= 11 is 0. The third-order valence-electron chi connectivity index (χ3n) is 3.16. The van der Waals surface area contributed by atoms with Crippen molar-refractivity contribution in [3.05, 3.63) is 71.8 Å². The Balaban J connectivity index is 0.000000383. The van der Waals surface area contributed by atoms with E-state index in [0.717, 1.165) is 17.5 Å². The van der Waals surface area contributed by atoms with E-state index >= 15 is 0 Å². The van der Waals surface area contributed by atoms with Gasteiger partial charge in [0.1, 0.15) is 0 Å². The molecule has 0 bridgehead atoms. The Bertz CT molecular complexity index is 430. The normalized spacial score (nSPS) is 11.7. The lowest BCUT2D eigenvalue weighted by Crippen LogP contribution is -2.15. The van der Waals surface area contributed by atoms with Crippen LogP contribution in [0.2, 0.25) is 0 Å². The lowest BCUT2D eigenvalue weighted by Gasteiger charge is -2.20. The van der Waals surface area contributed by atoms with Gasteiger partial charge >= 0.3 is 0 Å². The van der Waals surface area contributed by atoms with E-state index in [0.29, 0.717) is 6.54 Å². The standard InChI is InChI=1S/C15H16O.C3H9NO/c1-12(16)15(13-8-4-2-5-9-13)14-10-6-3-7-11-14;1-2-3-4-5/h2-12,15-16H,1H3;4-5H,2-3H2,1H3. The van der Waals surface area contributed by atoms with E-state index in [2.05, 4.69) is 24.3 Å². The van der Waals surface area contributed by atoms with Gasteiger partial charge in [0.25, 0.3) is 0 Å². The van der Waals surface area contributed by atoms with E-state index in [1.807, 2.05) is 55.7 Å². The van der Waals surface area contributed by atoms with Crippen LogP contribution in [0.4, 0.5) is 0 Å². The summed E-state index contributed by atoms with van der Waals surface area (Å²) in [6.07, 6.45) is 0.598. The van der Waals surface area contributed by atoms with Crippen molar-refractivity contribution in [2.24, 2.45) is 0 Å². The van der Waals surface area contributed by atoms with Gasteiger partial charge in [0.05, 0.1) is 6.10 Å². The van der Waals surface area contributed by atoms with Crippen LogP contribution in [-0.2, 0) is 0 Å². The van der Waals surface area contributed by atoms with Gasteiger partial charge in [-0.05, 0) is 24.5 Å². The van der Waals surface area contributed by atoms with E-state index in [1.54, 1.807) is 0 Å². The predicted octanol–water partition coefficient (Wildman–Crippen LogP) is 3.57. The van der Waals surface area contributed by atoms with Gasteiger partial charge in [-0.1, -0.05) is 67.6 Å². The molecular formula is C18H25NO2. The summed E-state index contributed by atoms with van der Waals surface area (Å²) in [5, 5.41) is 17.7. The summed E-state index contributed by atoms with van der Waals surface area (Å²) in [5.74, 6) is 0.0578. The Labute approximate surface area is 127 Å². The Morgan fingerprint density at radius 3 is 1.57 bits per heavy atom. The Morgan fingerprint density at radius 1 is 0.905 bits per heavy atom. The number of hydrogen-bond donors (Lipinski definition) is 3. The summed E-state index contributed by atoms with van der Waals surface area (Å²) in [5.41, 5.74) is 4.33. The number of rotatable bonds is 5. The van der Waals surface area contributed by atoms with E-state index in [4.69, 9.17) is 5.21 Å². The van der Waals surface area contributed by atoms with Gasteiger partial charge in [0.2, 0.25) is 0 Å². The zero-order valence-electron chi connectivity index (χ0n) is 12.7. The maximum Gasteiger partial charge on any atom is 0.0621 e. The predicted molar refractivity (Wildman–Crippen MR) is 86.5 cm³/mol. The fourth-order valence-corrected chi connectivity index (χ4v) is 2.18. The van der Waals surface area contributed by atoms with Gasteiger partial charge in [-0.25, -0.2) is 5.48 Å². The van der Waals surface area contributed by atoms with Crippen molar-refractivity contribution in [2.75, 3.05) is 6.54 Å². The minimum atomic E-state index is -0.384. The highest BCUT2D eigenvalue weighted by Gasteiger charge is 2.18. The topological polar surface area (TPSA) is 52.5 Å². The molecule has 2 aromatic carbocycles.